The van der Waals surface area contributed by atoms with Crippen molar-refractivity contribution in [3.8, 4) is 0 Å². The monoisotopic (exact) mass is 235 g/mol. The molecule has 1 rings (SSSR count). The van der Waals surface area contributed by atoms with Crippen LogP contribution in [0.25, 0.3) is 0 Å². The smallest absolute Gasteiger partial charge is 0.256 e. The molecule has 4 nitrogen and oxygen atoms in total. The van der Waals surface area contributed by atoms with Crippen molar-refractivity contribution in [1.29, 1.82) is 0 Å². The van der Waals surface area contributed by atoms with Crippen LogP contribution in [0.2, 0.25) is 0 Å². The lowest BCUT2D eigenvalue weighted by molar-refractivity contribution is 0.803. The van der Waals surface area contributed by atoms with Crippen LogP contribution in [-0.2, 0) is 6.42 Å². The van der Waals surface area contributed by atoms with E-state index in [0.717, 1.165) is 24.4 Å². The van der Waals surface area contributed by atoms with E-state index in [1.165, 1.54) is 0 Å². The Labute approximate surface area is 102 Å². The number of aromatic amines is 1. The van der Waals surface area contributed by atoms with Crippen LogP contribution in [0.4, 0.5) is 5.95 Å². The Kier molecular flexibility index (Phi) is 4.49. The van der Waals surface area contributed by atoms with Crippen molar-refractivity contribution in [3.63, 3.8) is 0 Å². The van der Waals surface area contributed by atoms with Gasteiger partial charge in [0.05, 0.1) is 5.69 Å². The van der Waals surface area contributed by atoms with E-state index >= 15 is 0 Å². The third-order valence-corrected chi connectivity index (χ3v) is 2.75. The quantitative estimate of drug-likeness (QED) is 0.795. The number of aromatic nitrogens is 2. The summed E-state index contributed by atoms with van der Waals surface area (Å²) in [7, 11) is 0. The molecule has 0 unspecified atom stereocenters. The van der Waals surface area contributed by atoms with E-state index in [4.69, 9.17) is 0 Å². The van der Waals surface area contributed by atoms with Crippen LogP contribution in [0.5, 0.6) is 0 Å². The summed E-state index contributed by atoms with van der Waals surface area (Å²) < 4.78 is 0. The van der Waals surface area contributed by atoms with E-state index in [2.05, 4.69) is 16.5 Å². The van der Waals surface area contributed by atoms with Gasteiger partial charge in [-0.2, -0.15) is 0 Å². The number of rotatable bonds is 5. The minimum atomic E-state index is -0.0533. The van der Waals surface area contributed by atoms with E-state index < -0.39 is 0 Å². The van der Waals surface area contributed by atoms with Crippen LogP contribution < -0.4 is 10.5 Å². The molecule has 0 spiro atoms. The normalized spacial score (nSPS) is 10.4. The molecule has 0 radical (unpaired) electrons. The summed E-state index contributed by atoms with van der Waals surface area (Å²) in [6.07, 6.45) is 0.590. The Morgan fingerprint density at radius 1 is 1.41 bits per heavy atom. The predicted octanol–water partition coefficient (Wildman–Crippen LogP) is 2.04. The van der Waals surface area contributed by atoms with Crippen molar-refractivity contribution >= 4 is 5.95 Å². The molecule has 0 saturated heterocycles. The van der Waals surface area contributed by atoms with E-state index in [9.17, 15) is 4.79 Å². The van der Waals surface area contributed by atoms with Crippen LogP contribution in [-0.4, -0.2) is 23.1 Å². The minimum absolute atomic E-state index is 0.0533. The lowest BCUT2D eigenvalue weighted by atomic mass is 10.1. The zero-order valence-corrected chi connectivity index (χ0v) is 11.1. The first kappa shape index (κ1) is 13.5. The van der Waals surface area contributed by atoms with Gasteiger partial charge >= 0.3 is 0 Å². The van der Waals surface area contributed by atoms with Crippen LogP contribution in [0.3, 0.4) is 0 Å². The Balaban J connectivity index is 3.17. The molecule has 17 heavy (non-hydrogen) atoms. The van der Waals surface area contributed by atoms with Gasteiger partial charge in [0.15, 0.2) is 0 Å². The zero-order chi connectivity index (χ0) is 13.0. The summed E-state index contributed by atoms with van der Waals surface area (Å²) in [6, 6.07) is 0. The highest BCUT2D eigenvalue weighted by atomic mass is 16.1. The van der Waals surface area contributed by atoms with E-state index in [0.29, 0.717) is 17.9 Å². The second-order valence-electron chi connectivity index (χ2n) is 4.26. The maximum Gasteiger partial charge on any atom is 0.256 e. The molecular weight excluding hydrogens is 214 g/mol. The lowest BCUT2D eigenvalue weighted by Gasteiger charge is -2.19. The second kappa shape index (κ2) is 5.66. The number of anilines is 1. The number of nitrogens with one attached hydrogen (secondary N) is 1. The van der Waals surface area contributed by atoms with Crippen molar-refractivity contribution in [2.45, 2.75) is 34.1 Å². The summed E-state index contributed by atoms with van der Waals surface area (Å²) >= 11 is 0. The fourth-order valence-electron chi connectivity index (χ4n) is 1.78. The van der Waals surface area contributed by atoms with Gasteiger partial charge in [0, 0.05) is 25.1 Å². The molecule has 4 heteroatoms. The molecule has 1 N–H and O–H groups in total. The van der Waals surface area contributed by atoms with Crippen LogP contribution in [0.15, 0.2) is 16.9 Å². The number of aryl methyl sites for hydroxylation is 1. The molecule has 0 aliphatic rings. The highest BCUT2D eigenvalue weighted by molar-refractivity contribution is 5.33. The largest absolute Gasteiger partial charge is 0.343 e. The Bertz CT molecular complexity index is 458. The molecular formula is C13H21N3O. The molecule has 0 aliphatic carbocycles. The van der Waals surface area contributed by atoms with Crippen molar-refractivity contribution in [2.24, 2.45) is 0 Å². The second-order valence-corrected chi connectivity index (χ2v) is 4.26. The van der Waals surface area contributed by atoms with Crippen molar-refractivity contribution in [2.75, 3.05) is 18.0 Å². The molecule has 94 valence electrons. The first-order valence-electron chi connectivity index (χ1n) is 5.98. The highest BCUT2D eigenvalue weighted by Crippen LogP contribution is 2.10. The summed E-state index contributed by atoms with van der Waals surface area (Å²) in [4.78, 5) is 21.3. The number of allylic oxidation sites excluding steroid dienone is 1. The SMILES string of the molecule is C=C(C)Cc1c(C)nc(N(CC)CC)[nH]c1=O. The average Bonchev–Trinajstić information content (AvgIpc) is 2.25. The molecule has 1 aromatic heterocycles. The van der Waals surface area contributed by atoms with Gasteiger partial charge in [-0.1, -0.05) is 12.2 Å². The fraction of sp³-hybridized carbons (Fsp3) is 0.538. The Morgan fingerprint density at radius 2 is 2.00 bits per heavy atom. The topological polar surface area (TPSA) is 49.0 Å². The molecule has 0 aliphatic heterocycles. The van der Waals surface area contributed by atoms with Gasteiger partial charge in [-0.3, -0.25) is 9.78 Å². The van der Waals surface area contributed by atoms with Crippen molar-refractivity contribution in [1.82, 2.24) is 9.97 Å². The van der Waals surface area contributed by atoms with Gasteiger partial charge in [0.1, 0.15) is 0 Å². The molecule has 1 heterocycles. The summed E-state index contributed by atoms with van der Waals surface area (Å²) in [5.74, 6) is 0.656. The molecule has 0 bridgehead atoms. The van der Waals surface area contributed by atoms with Gasteiger partial charge in [0.25, 0.3) is 5.56 Å². The number of H-pyrrole nitrogens is 1. The first-order chi connectivity index (χ1) is 7.99. The third kappa shape index (κ3) is 3.19. The van der Waals surface area contributed by atoms with Gasteiger partial charge in [-0.05, 0) is 27.7 Å². The van der Waals surface area contributed by atoms with Crippen molar-refractivity contribution in [3.05, 3.63) is 33.8 Å². The molecule has 0 fully saturated rings. The van der Waals surface area contributed by atoms with Gasteiger partial charge < -0.3 is 4.90 Å². The fourth-order valence-corrected chi connectivity index (χ4v) is 1.78. The van der Waals surface area contributed by atoms with Gasteiger partial charge in [-0.15, -0.1) is 0 Å². The first-order valence-corrected chi connectivity index (χ1v) is 5.98. The van der Waals surface area contributed by atoms with Gasteiger partial charge in [-0.25, -0.2) is 4.98 Å². The predicted molar refractivity (Wildman–Crippen MR) is 71.7 cm³/mol. The summed E-state index contributed by atoms with van der Waals surface area (Å²) in [5.41, 5.74) is 2.42. The Morgan fingerprint density at radius 3 is 2.41 bits per heavy atom. The summed E-state index contributed by atoms with van der Waals surface area (Å²) in [5, 5.41) is 0. The van der Waals surface area contributed by atoms with E-state index in [-0.39, 0.29) is 5.56 Å². The molecule has 1 aromatic rings. The maximum atomic E-state index is 12.0. The minimum Gasteiger partial charge on any atom is -0.343 e. The average molecular weight is 235 g/mol. The van der Waals surface area contributed by atoms with E-state index in [1.54, 1.807) is 0 Å². The standard InChI is InChI=1S/C13H21N3O/c1-6-16(7-2)13-14-10(5)11(8-9(3)4)12(17)15-13/h3,6-8H2,1-2,4-5H3,(H,14,15,17). The highest BCUT2D eigenvalue weighted by Gasteiger charge is 2.11. The lowest BCUT2D eigenvalue weighted by Crippen LogP contribution is -2.28. The van der Waals surface area contributed by atoms with Crippen molar-refractivity contribution < 1.29 is 0 Å². The summed E-state index contributed by atoms with van der Waals surface area (Å²) in [6.45, 7) is 13.4. The third-order valence-electron chi connectivity index (χ3n) is 2.75. The van der Waals surface area contributed by atoms with E-state index in [1.807, 2.05) is 32.6 Å². The van der Waals surface area contributed by atoms with Gasteiger partial charge in [0.2, 0.25) is 5.95 Å². The zero-order valence-electron chi connectivity index (χ0n) is 11.1. The number of nitrogens with zero attached hydrogens (tertiary/aromatic N) is 2. The van der Waals surface area contributed by atoms with Crippen LogP contribution >= 0.6 is 0 Å². The molecule has 0 amide bonds. The Hall–Kier alpha value is -1.58. The maximum absolute atomic E-state index is 12.0. The molecule has 0 atom stereocenters. The van der Waals surface area contributed by atoms with Crippen LogP contribution in [0, 0.1) is 6.92 Å². The number of hydrogen-bond acceptors (Lipinski definition) is 3. The molecule has 0 saturated carbocycles. The van der Waals surface area contributed by atoms with Crippen LogP contribution in [0.1, 0.15) is 32.0 Å². The molecule has 0 aromatic carbocycles. The number of hydrogen-bond donors (Lipinski definition) is 1.